The summed E-state index contributed by atoms with van der Waals surface area (Å²) in [5.41, 5.74) is -0.954. The molecule has 0 aromatic rings. The first kappa shape index (κ1) is 37.9. The van der Waals surface area contributed by atoms with Crippen molar-refractivity contribution in [1.82, 2.24) is 0 Å². The third-order valence-corrected chi connectivity index (χ3v) is 7.63. The van der Waals surface area contributed by atoms with Crippen LogP contribution in [0.3, 0.4) is 0 Å². The number of carbonyl (C=O) groups is 2. The fourth-order valence-corrected chi connectivity index (χ4v) is 3.13. The van der Waals surface area contributed by atoms with Crippen LogP contribution in [0.4, 0.5) is 0 Å². The molecule has 3 atom stereocenters. The monoisotopic (exact) mass is 534 g/mol. The van der Waals surface area contributed by atoms with Crippen molar-refractivity contribution in [2.75, 3.05) is 0 Å². The second kappa shape index (κ2) is 18.9. The molecule has 0 spiro atoms. The largest absolute Gasteiger partial charge is 0.481 e. The predicted molar refractivity (Wildman–Crippen MR) is 146 cm³/mol. The topological polar surface area (TPSA) is 101 Å². The maximum atomic E-state index is 11.6. The molecule has 0 saturated heterocycles. The van der Waals surface area contributed by atoms with E-state index in [4.69, 9.17) is 14.7 Å². The molecule has 0 aromatic heterocycles. The van der Waals surface area contributed by atoms with E-state index in [1.165, 1.54) is 0 Å². The molecule has 0 bridgehead atoms. The van der Waals surface area contributed by atoms with Crippen molar-refractivity contribution in [1.29, 1.82) is 0 Å². The van der Waals surface area contributed by atoms with Crippen LogP contribution in [0.2, 0.25) is 0 Å². The average molecular weight is 535 g/mol. The highest BCUT2D eigenvalue weighted by Crippen LogP contribution is 2.37. The Balaban J connectivity index is 0. The van der Waals surface area contributed by atoms with Gasteiger partial charge in [-0.2, -0.15) is 4.89 Å². The molecule has 8 heteroatoms. The molecule has 3 unspecified atom stereocenters. The summed E-state index contributed by atoms with van der Waals surface area (Å²) in [7, 11) is 0. The van der Waals surface area contributed by atoms with Gasteiger partial charge in [0.2, 0.25) is 0 Å². The van der Waals surface area contributed by atoms with Crippen molar-refractivity contribution < 1.29 is 39.3 Å². The van der Waals surface area contributed by atoms with Crippen molar-refractivity contribution in [2.24, 2.45) is 17.3 Å². The van der Waals surface area contributed by atoms with E-state index in [2.05, 4.69) is 37.6 Å². The van der Waals surface area contributed by atoms with Gasteiger partial charge in [-0.15, -0.1) is 0 Å². The van der Waals surface area contributed by atoms with Crippen LogP contribution < -0.4 is 0 Å². The molecule has 0 heterocycles. The predicted octanol–water partition coefficient (Wildman–Crippen LogP) is 8.23. The number of carboxylic acid groups (broad SMARTS) is 1. The highest BCUT2D eigenvalue weighted by molar-refractivity contribution is 5.71. The summed E-state index contributed by atoms with van der Waals surface area (Å²) in [6.45, 7) is 24.0. The Morgan fingerprint density at radius 2 is 1.38 bits per heavy atom. The number of hydrogen-bond acceptors (Lipinski definition) is 7. The zero-order valence-corrected chi connectivity index (χ0v) is 25.9. The molecular formula is C29H58O8. The highest BCUT2D eigenvalue weighted by Gasteiger charge is 2.39. The number of aliphatic carboxylic acids is 1. The smallest absolute Gasteiger partial charge is 0.348 e. The number of hydrogen-bond donors (Lipinski definition) is 1. The minimum absolute atomic E-state index is 0.0469. The fourth-order valence-electron chi connectivity index (χ4n) is 3.13. The zero-order valence-electron chi connectivity index (χ0n) is 25.9. The van der Waals surface area contributed by atoms with Gasteiger partial charge in [0.25, 0.3) is 0 Å². The molecule has 0 saturated carbocycles. The van der Waals surface area contributed by atoms with Gasteiger partial charge in [-0.3, -0.25) is 9.68 Å². The van der Waals surface area contributed by atoms with E-state index >= 15 is 0 Å². The molecule has 0 aliphatic rings. The van der Waals surface area contributed by atoms with Gasteiger partial charge in [0, 0.05) is 0 Å². The number of rotatable bonds is 19. The van der Waals surface area contributed by atoms with Gasteiger partial charge in [0.15, 0.2) is 0 Å². The minimum Gasteiger partial charge on any atom is -0.481 e. The average Bonchev–Trinajstić information content (AvgIpc) is 2.83. The lowest BCUT2D eigenvalue weighted by atomic mass is 9.75. The van der Waals surface area contributed by atoms with Crippen molar-refractivity contribution in [3.63, 3.8) is 0 Å². The van der Waals surface area contributed by atoms with Crippen LogP contribution in [0.1, 0.15) is 141 Å². The lowest BCUT2D eigenvalue weighted by Gasteiger charge is -2.40. The Morgan fingerprint density at radius 1 is 0.784 bits per heavy atom. The summed E-state index contributed by atoms with van der Waals surface area (Å²) in [6.07, 6.45) is 7.14. The third kappa shape index (κ3) is 15.1. The Hall–Kier alpha value is -1.22. The molecule has 0 aliphatic carbocycles. The van der Waals surface area contributed by atoms with Crippen LogP contribution in [0.15, 0.2) is 0 Å². The van der Waals surface area contributed by atoms with Crippen molar-refractivity contribution >= 4 is 11.9 Å². The molecule has 8 nitrogen and oxygen atoms in total. The second-order valence-electron chi connectivity index (χ2n) is 11.5. The van der Waals surface area contributed by atoms with Gasteiger partial charge < -0.3 is 5.11 Å². The van der Waals surface area contributed by atoms with E-state index in [-0.39, 0.29) is 17.3 Å². The lowest BCUT2D eigenvalue weighted by Crippen LogP contribution is -2.43. The quantitative estimate of drug-likeness (QED) is 0.131. The van der Waals surface area contributed by atoms with Crippen LogP contribution in [0.25, 0.3) is 0 Å². The summed E-state index contributed by atoms with van der Waals surface area (Å²) >= 11 is 0. The van der Waals surface area contributed by atoms with Crippen molar-refractivity contribution in [3.8, 4) is 0 Å². The molecule has 0 radical (unpaired) electrons. The van der Waals surface area contributed by atoms with Crippen LogP contribution in [-0.2, 0) is 34.2 Å². The fraction of sp³-hybridized carbons (Fsp3) is 0.931. The molecule has 1 N–H and O–H groups in total. The van der Waals surface area contributed by atoms with Crippen LogP contribution in [0.5, 0.6) is 0 Å². The van der Waals surface area contributed by atoms with E-state index in [0.29, 0.717) is 12.8 Å². The minimum atomic E-state index is -0.817. The lowest BCUT2D eigenvalue weighted by molar-refractivity contribution is -0.517. The summed E-state index contributed by atoms with van der Waals surface area (Å²) in [6, 6.07) is 0. The van der Waals surface area contributed by atoms with Gasteiger partial charge >= 0.3 is 11.9 Å². The summed E-state index contributed by atoms with van der Waals surface area (Å²) < 4.78 is 0. The standard InChI is InChI=1S/C16H32O4.C13H26O4/c1-8-11-13(12(9-2)14(17)18)19-20-16(6,7)15(4,5)10-3;1-6-9-10-11(7-2)12(14)15-17-16-13(4,5)8-3/h12-13H,8-11H2,1-7H3,(H,17,18);11H,6-10H2,1-5H3. The number of unbranched alkanes of at least 4 members (excludes halogenated alkanes) is 1. The zero-order chi connectivity index (χ0) is 29.3. The maximum Gasteiger partial charge on any atom is 0.348 e. The van der Waals surface area contributed by atoms with E-state index < -0.39 is 29.2 Å². The van der Waals surface area contributed by atoms with Gasteiger partial charge in [-0.05, 0) is 76.7 Å². The summed E-state index contributed by atoms with van der Waals surface area (Å²) in [5, 5.41) is 13.8. The molecule has 0 aromatic carbocycles. The maximum absolute atomic E-state index is 11.6. The third-order valence-electron chi connectivity index (χ3n) is 7.63. The molecule has 222 valence electrons. The van der Waals surface area contributed by atoms with Gasteiger partial charge in [-0.25, -0.2) is 14.6 Å². The van der Waals surface area contributed by atoms with Crippen LogP contribution in [-0.4, -0.2) is 34.4 Å². The summed E-state index contributed by atoms with van der Waals surface area (Å²) in [5.74, 6) is -1.77. The van der Waals surface area contributed by atoms with Gasteiger partial charge in [0.1, 0.15) is 17.3 Å². The summed E-state index contributed by atoms with van der Waals surface area (Å²) in [4.78, 5) is 43.8. The van der Waals surface area contributed by atoms with E-state index in [1.807, 2.05) is 55.4 Å². The molecule has 0 fully saturated rings. The van der Waals surface area contributed by atoms with Crippen molar-refractivity contribution in [3.05, 3.63) is 0 Å². The molecule has 37 heavy (non-hydrogen) atoms. The first-order chi connectivity index (χ1) is 17.1. The van der Waals surface area contributed by atoms with Gasteiger partial charge in [0.05, 0.1) is 11.8 Å². The first-order valence-electron chi connectivity index (χ1n) is 14.2. The van der Waals surface area contributed by atoms with Crippen LogP contribution >= 0.6 is 0 Å². The SMILES string of the molecule is CCCC(OOC(C)(C)C(C)(C)CC)C(CC)C(=O)O.CCCCC(CC)C(=O)OOOC(C)(C)CC. The van der Waals surface area contributed by atoms with Crippen LogP contribution in [0, 0.1) is 17.3 Å². The normalized spacial score (nSPS) is 14.8. The number of carboxylic acids is 1. The Labute approximate surface area is 226 Å². The molecule has 0 aliphatic heterocycles. The van der Waals surface area contributed by atoms with Gasteiger partial charge in [-0.1, -0.05) is 74.7 Å². The number of carbonyl (C=O) groups excluding carboxylic acids is 1. The van der Waals surface area contributed by atoms with E-state index in [1.54, 1.807) is 0 Å². The Morgan fingerprint density at radius 3 is 1.78 bits per heavy atom. The Bertz CT molecular complexity index is 615. The highest BCUT2D eigenvalue weighted by atomic mass is 17.5. The van der Waals surface area contributed by atoms with Crippen molar-refractivity contribution in [2.45, 2.75) is 158 Å². The molecular weight excluding hydrogens is 476 g/mol. The van der Waals surface area contributed by atoms with E-state index in [0.717, 1.165) is 44.9 Å². The van der Waals surface area contributed by atoms with E-state index in [9.17, 15) is 14.7 Å². The Kier molecular flexibility index (Phi) is 19.4. The molecule has 0 rings (SSSR count). The first-order valence-corrected chi connectivity index (χ1v) is 14.2. The molecule has 0 amide bonds. The second-order valence-corrected chi connectivity index (χ2v) is 11.5.